The Hall–Kier alpha value is -0.490. The van der Waals surface area contributed by atoms with Gasteiger partial charge < -0.3 is 5.32 Å². The molecule has 1 aromatic rings. The van der Waals surface area contributed by atoms with Crippen molar-refractivity contribution in [1.29, 1.82) is 0 Å². The van der Waals surface area contributed by atoms with E-state index < -0.39 is 0 Å². The van der Waals surface area contributed by atoms with Gasteiger partial charge in [0.15, 0.2) is 0 Å². The minimum atomic E-state index is 0.344. The van der Waals surface area contributed by atoms with Crippen LogP contribution in [0.15, 0.2) is 5.38 Å². The molecule has 1 aromatic heterocycles. The van der Waals surface area contributed by atoms with Crippen LogP contribution < -0.4 is 5.32 Å². The van der Waals surface area contributed by atoms with Gasteiger partial charge in [-0.3, -0.25) is 0 Å². The van der Waals surface area contributed by atoms with Crippen LogP contribution in [0.2, 0.25) is 5.02 Å². The quantitative estimate of drug-likeness (QED) is 0.779. The molecular weight excluding hydrogens is 238 g/mol. The SMILES string of the molecule is CC#CCCC(NCC)c1scc(C)c1Cl. The molecule has 0 bridgehead atoms. The zero-order chi connectivity index (χ0) is 12.0. The number of nitrogens with one attached hydrogen (secondary N) is 1. The fraction of sp³-hybridized carbons (Fsp3) is 0.538. The van der Waals surface area contributed by atoms with E-state index in [2.05, 4.69) is 36.4 Å². The number of hydrogen-bond acceptors (Lipinski definition) is 2. The average molecular weight is 256 g/mol. The third-order valence-electron chi connectivity index (χ3n) is 2.43. The Balaban J connectivity index is 2.75. The monoisotopic (exact) mass is 255 g/mol. The molecule has 0 aliphatic carbocycles. The minimum Gasteiger partial charge on any atom is -0.309 e. The first-order valence-electron chi connectivity index (χ1n) is 5.57. The third kappa shape index (κ3) is 3.52. The van der Waals surface area contributed by atoms with Crippen molar-refractivity contribution in [2.75, 3.05) is 6.54 Å². The van der Waals surface area contributed by atoms with Crippen LogP contribution in [0.3, 0.4) is 0 Å². The Morgan fingerprint density at radius 1 is 1.56 bits per heavy atom. The van der Waals surface area contributed by atoms with Gasteiger partial charge in [0, 0.05) is 17.3 Å². The summed E-state index contributed by atoms with van der Waals surface area (Å²) in [6.45, 7) is 7.01. The molecule has 0 aliphatic rings. The predicted octanol–water partition coefficient (Wildman–Crippen LogP) is 4.16. The molecule has 0 fully saturated rings. The molecule has 1 nitrogen and oxygen atoms in total. The van der Waals surface area contributed by atoms with Gasteiger partial charge in [-0.1, -0.05) is 18.5 Å². The van der Waals surface area contributed by atoms with Crippen LogP contribution in [0.25, 0.3) is 0 Å². The first-order valence-corrected chi connectivity index (χ1v) is 6.82. The molecule has 1 N–H and O–H groups in total. The van der Waals surface area contributed by atoms with Crippen LogP contribution in [-0.2, 0) is 0 Å². The first-order chi connectivity index (χ1) is 7.70. The van der Waals surface area contributed by atoms with E-state index >= 15 is 0 Å². The number of aryl methyl sites for hydroxylation is 1. The van der Waals surface area contributed by atoms with Crippen LogP contribution in [0.4, 0.5) is 0 Å². The normalized spacial score (nSPS) is 12.0. The fourth-order valence-electron chi connectivity index (χ4n) is 1.60. The van der Waals surface area contributed by atoms with Crippen LogP contribution in [0.5, 0.6) is 0 Å². The average Bonchev–Trinajstić information content (AvgIpc) is 2.59. The van der Waals surface area contributed by atoms with E-state index in [1.54, 1.807) is 11.3 Å². The van der Waals surface area contributed by atoms with E-state index in [4.69, 9.17) is 11.6 Å². The molecule has 88 valence electrons. The van der Waals surface area contributed by atoms with E-state index in [0.717, 1.165) is 24.4 Å². The molecule has 0 saturated heterocycles. The summed E-state index contributed by atoms with van der Waals surface area (Å²) in [5.74, 6) is 6.03. The molecular formula is C13H18ClNS. The Kier molecular flexibility index (Phi) is 5.90. The van der Waals surface area contributed by atoms with Crippen LogP contribution in [0.1, 0.15) is 43.2 Å². The van der Waals surface area contributed by atoms with Gasteiger partial charge in [-0.15, -0.1) is 23.2 Å². The van der Waals surface area contributed by atoms with Crippen LogP contribution in [-0.4, -0.2) is 6.54 Å². The summed E-state index contributed by atoms with van der Waals surface area (Å²) < 4.78 is 0. The molecule has 1 unspecified atom stereocenters. The smallest absolute Gasteiger partial charge is 0.0590 e. The Morgan fingerprint density at radius 2 is 2.31 bits per heavy atom. The van der Waals surface area contributed by atoms with Gasteiger partial charge in [0.1, 0.15) is 0 Å². The molecule has 1 rings (SSSR count). The van der Waals surface area contributed by atoms with Crippen molar-refractivity contribution in [3.63, 3.8) is 0 Å². The van der Waals surface area contributed by atoms with Gasteiger partial charge in [0.25, 0.3) is 0 Å². The largest absolute Gasteiger partial charge is 0.309 e. The highest BCUT2D eigenvalue weighted by Gasteiger charge is 2.16. The Labute approximate surface area is 107 Å². The maximum Gasteiger partial charge on any atom is 0.0590 e. The molecule has 3 heteroatoms. The second-order valence-corrected chi connectivity index (χ2v) is 4.96. The highest BCUT2D eigenvalue weighted by molar-refractivity contribution is 7.10. The highest BCUT2D eigenvalue weighted by atomic mass is 35.5. The van der Waals surface area contributed by atoms with E-state index in [1.165, 1.54) is 10.4 Å². The van der Waals surface area contributed by atoms with Crippen molar-refractivity contribution < 1.29 is 0 Å². The summed E-state index contributed by atoms with van der Waals surface area (Å²) >= 11 is 8.03. The van der Waals surface area contributed by atoms with Gasteiger partial charge in [-0.05, 0) is 37.8 Å². The lowest BCUT2D eigenvalue weighted by atomic mass is 10.1. The van der Waals surface area contributed by atoms with Crippen molar-refractivity contribution >= 4 is 22.9 Å². The van der Waals surface area contributed by atoms with Gasteiger partial charge in [-0.25, -0.2) is 0 Å². The molecule has 0 aromatic carbocycles. The highest BCUT2D eigenvalue weighted by Crippen LogP contribution is 2.34. The van der Waals surface area contributed by atoms with E-state index in [0.29, 0.717) is 6.04 Å². The maximum absolute atomic E-state index is 6.29. The predicted molar refractivity (Wildman–Crippen MR) is 73.2 cm³/mol. The first kappa shape index (κ1) is 13.6. The summed E-state index contributed by atoms with van der Waals surface area (Å²) in [7, 11) is 0. The molecule has 1 atom stereocenters. The molecule has 0 amide bonds. The zero-order valence-corrected chi connectivity index (χ0v) is 11.6. The second kappa shape index (κ2) is 6.96. The molecule has 0 spiro atoms. The lowest BCUT2D eigenvalue weighted by molar-refractivity contribution is 0.530. The van der Waals surface area contributed by atoms with Crippen LogP contribution in [0, 0.1) is 18.8 Å². The lowest BCUT2D eigenvalue weighted by Crippen LogP contribution is -2.20. The second-order valence-electron chi connectivity index (χ2n) is 3.67. The van der Waals surface area contributed by atoms with Crippen molar-refractivity contribution in [3.8, 4) is 11.8 Å². The summed E-state index contributed by atoms with van der Waals surface area (Å²) in [4.78, 5) is 1.25. The summed E-state index contributed by atoms with van der Waals surface area (Å²) in [5, 5.41) is 6.51. The van der Waals surface area contributed by atoms with Gasteiger partial charge >= 0.3 is 0 Å². The maximum atomic E-state index is 6.29. The third-order valence-corrected chi connectivity index (χ3v) is 4.25. The molecule has 0 aliphatic heterocycles. The topological polar surface area (TPSA) is 12.0 Å². The summed E-state index contributed by atoms with van der Waals surface area (Å²) in [6, 6.07) is 0.344. The van der Waals surface area contributed by atoms with Gasteiger partial charge in [0.05, 0.1) is 5.02 Å². The number of thiophene rings is 1. The molecule has 0 saturated carbocycles. The molecule has 16 heavy (non-hydrogen) atoms. The van der Waals surface area contributed by atoms with E-state index in [-0.39, 0.29) is 0 Å². The van der Waals surface area contributed by atoms with Crippen molar-refractivity contribution in [2.24, 2.45) is 0 Å². The molecule has 1 heterocycles. The number of hydrogen-bond donors (Lipinski definition) is 1. The lowest BCUT2D eigenvalue weighted by Gasteiger charge is -2.15. The van der Waals surface area contributed by atoms with Gasteiger partial charge in [-0.2, -0.15) is 0 Å². The van der Waals surface area contributed by atoms with Crippen molar-refractivity contribution in [3.05, 3.63) is 20.8 Å². The van der Waals surface area contributed by atoms with Gasteiger partial charge in [0.2, 0.25) is 0 Å². The van der Waals surface area contributed by atoms with Crippen molar-refractivity contribution in [1.82, 2.24) is 5.32 Å². The number of rotatable bonds is 5. The summed E-state index contributed by atoms with van der Waals surface area (Å²) in [5.41, 5.74) is 1.17. The Bertz CT molecular complexity index is 386. The summed E-state index contributed by atoms with van der Waals surface area (Å²) in [6.07, 6.45) is 1.94. The number of halogens is 1. The Morgan fingerprint density at radius 3 is 2.81 bits per heavy atom. The van der Waals surface area contributed by atoms with E-state index in [9.17, 15) is 0 Å². The molecule has 0 radical (unpaired) electrons. The van der Waals surface area contributed by atoms with Crippen molar-refractivity contribution in [2.45, 2.75) is 39.7 Å². The minimum absolute atomic E-state index is 0.344. The standard InChI is InChI=1S/C13H18ClNS/c1-4-6-7-8-11(15-5-2)13-12(14)10(3)9-16-13/h9,11,15H,5,7-8H2,1-3H3. The zero-order valence-electron chi connectivity index (χ0n) is 10.1. The fourth-order valence-corrected chi connectivity index (χ4v) is 3.03. The van der Waals surface area contributed by atoms with Crippen LogP contribution >= 0.6 is 22.9 Å². The van der Waals surface area contributed by atoms with E-state index in [1.807, 2.05) is 6.92 Å².